The number of carbonyl (C=O) groups is 2. The predicted molar refractivity (Wildman–Crippen MR) is 52.6 cm³/mol. The van der Waals surface area contributed by atoms with E-state index in [0.29, 0.717) is 0 Å². The van der Waals surface area contributed by atoms with Gasteiger partial charge >= 0.3 is 11.9 Å². The summed E-state index contributed by atoms with van der Waals surface area (Å²) in [6.07, 6.45) is 2.07. The van der Waals surface area contributed by atoms with Crippen LogP contribution >= 0.6 is 0 Å². The van der Waals surface area contributed by atoms with E-state index in [1.54, 1.807) is 0 Å². The van der Waals surface area contributed by atoms with Crippen molar-refractivity contribution in [3.05, 3.63) is 0 Å². The monoisotopic (exact) mass is 205 g/mol. The van der Waals surface area contributed by atoms with Crippen LogP contribution in [0.1, 0.15) is 26.2 Å². The van der Waals surface area contributed by atoms with Gasteiger partial charge in [0.25, 0.3) is 0 Å². The summed E-state index contributed by atoms with van der Waals surface area (Å²) in [5.41, 5.74) is 5.14. The molecule has 0 unspecified atom stereocenters. The zero-order chi connectivity index (χ0) is 11.4. The molecule has 0 fully saturated rings. The number of hydrogen-bond donors (Lipinski definition) is 1. The molecule has 84 valence electrons. The molecule has 5 heteroatoms. The van der Waals surface area contributed by atoms with Crippen LogP contribution in [0.5, 0.6) is 0 Å². The van der Waals surface area contributed by atoms with Gasteiger partial charge in [0.2, 0.25) is 0 Å². The summed E-state index contributed by atoms with van der Waals surface area (Å²) in [7, 11) is 2.43. The van der Waals surface area contributed by atoms with E-state index < -0.39 is 11.9 Å². The van der Waals surface area contributed by atoms with Crippen LogP contribution in [0.15, 0.2) is 0 Å². The Bertz CT molecular complexity index is 143. The SMILES string of the molecule is CCCCN.COC(=O)CC(=O)OC. The Morgan fingerprint density at radius 3 is 1.71 bits per heavy atom. The lowest BCUT2D eigenvalue weighted by molar-refractivity contribution is -0.151. The van der Waals surface area contributed by atoms with E-state index in [1.807, 2.05) is 0 Å². The van der Waals surface area contributed by atoms with Gasteiger partial charge in [0.05, 0.1) is 14.2 Å². The lowest BCUT2D eigenvalue weighted by atomic mass is 10.3. The van der Waals surface area contributed by atoms with Crippen molar-refractivity contribution >= 4 is 11.9 Å². The molecule has 14 heavy (non-hydrogen) atoms. The molecular formula is C9H19NO4. The number of ether oxygens (including phenoxy) is 2. The Kier molecular flexibility index (Phi) is 13.1. The predicted octanol–water partition coefficient (Wildman–Crippen LogP) is 0.468. The molecule has 0 aliphatic heterocycles. The first-order valence-electron chi connectivity index (χ1n) is 4.46. The van der Waals surface area contributed by atoms with E-state index in [4.69, 9.17) is 5.73 Å². The summed E-state index contributed by atoms with van der Waals surface area (Å²) in [6.45, 7) is 2.98. The van der Waals surface area contributed by atoms with E-state index in [9.17, 15) is 9.59 Å². The quantitative estimate of drug-likeness (QED) is 0.533. The molecule has 0 aliphatic carbocycles. The standard InChI is InChI=1S/C5H8O4.C4H11N/c1-8-4(6)3-5(7)9-2;1-2-3-4-5/h3H2,1-2H3;2-5H2,1H3. The van der Waals surface area contributed by atoms with E-state index >= 15 is 0 Å². The highest BCUT2D eigenvalue weighted by Crippen LogP contribution is 1.85. The topological polar surface area (TPSA) is 78.6 Å². The minimum absolute atomic E-state index is 0.312. The van der Waals surface area contributed by atoms with E-state index in [1.165, 1.54) is 27.1 Å². The summed E-state index contributed by atoms with van der Waals surface area (Å²) in [5, 5.41) is 0. The molecule has 0 aromatic rings. The molecule has 5 nitrogen and oxygen atoms in total. The molecule has 0 aliphatic rings. The van der Waals surface area contributed by atoms with Crippen molar-refractivity contribution < 1.29 is 19.1 Å². The Morgan fingerprint density at radius 2 is 1.57 bits per heavy atom. The molecule has 0 atom stereocenters. The van der Waals surface area contributed by atoms with Crippen LogP contribution in [-0.2, 0) is 19.1 Å². The molecule has 2 N–H and O–H groups in total. The highest BCUT2D eigenvalue weighted by Gasteiger charge is 2.07. The maximum Gasteiger partial charge on any atom is 0.316 e. The van der Waals surface area contributed by atoms with Crippen LogP contribution in [0.3, 0.4) is 0 Å². The molecule has 0 saturated carbocycles. The van der Waals surface area contributed by atoms with Crippen molar-refractivity contribution in [3.63, 3.8) is 0 Å². The maximum atomic E-state index is 10.3. The highest BCUT2D eigenvalue weighted by atomic mass is 16.5. The van der Waals surface area contributed by atoms with Crippen LogP contribution in [0, 0.1) is 0 Å². The fourth-order valence-corrected chi connectivity index (χ4v) is 0.466. The Morgan fingerprint density at radius 1 is 1.14 bits per heavy atom. The molecule has 0 bridgehead atoms. The molecule has 0 amide bonds. The third-order valence-electron chi connectivity index (χ3n) is 1.30. The number of esters is 2. The molecule has 0 radical (unpaired) electrons. The van der Waals surface area contributed by atoms with Gasteiger partial charge < -0.3 is 15.2 Å². The molecule has 0 aromatic carbocycles. The molecule has 0 saturated heterocycles. The average Bonchev–Trinajstić information content (AvgIpc) is 2.19. The van der Waals surface area contributed by atoms with Crippen molar-refractivity contribution in [1.29, 1.82) is 0 Å². The van der Waals surface area contributed by atoms with Crippen molar-refractivity contribution in [3.8, 4) is 0 Å². The van der Waals surface area contributed by atoms with Crippen LogP contribution in [-0.4, -0.2) is 32.7 Å². The number of methoxy groups -OCH3 is 2. The molecule has 0 rings (SSSR count). The Labute approximate surface area is 84.6 Å². The van der Waals surface area contributed by atoms with Crippen molar-refractivity contribution in [2.75, 3.05) is 20.8 Å². The van der Waals surface area contributed by atoms with Gasteiger partial charge in [-0.3, -0.25) is 9.59 Å². The first-order chi connectivity index (χ1) is 6.62. The van der Waals surface area contributed by atoms with Gasteiger partial charge in [-0.2, -0.15) is 0 Å². The van der Waals surface area contributed by atoms with Gasteiger partial charge in [0, 0.05) is 0 Å². The fourth-order valence-electron chi connectivity index (χ4n) is 0.466. The number of rotatable bonds is 4. The van der Waals surface area contributed by atoms with Crippen molar-refractivity contribution in [2.24, 2.45) is 5.73 Å². The minimum Gasteiger partial charge on any atom is -0.469 e. The van der Waals surface area contributed by atoms with Gasteiger partial charge in [-0.1, -0.05) is 13.3 Å². The van der Waals surface area contributed by atoms with Crippen LogP contribution in [0.2, 0.25) is 0 Å². The second kappa shape index (κ2) is 11.9. The normalized spacial score (nSPS) is 8.29. The highest BCUT2D eigenvalue weighted by molar-refractivity contribution is 5.90. The molecule has 0 aromatic heterocycles. The summed E-state index contributed by atoms with van der Waals surface area (Å²) >= 11 is 0. The molecular weight excluding hydrogens is 186 g/mol. The summed E-state index contributed by atoms with van der Waals surface area (Å²) in [6, 6.07) is 0. The zero-order valence-electron chi connectivity index (χ0n) is 9.04. The second-order valence-electron chi connectivity index (χ2n) is 2.47. The second-order valence-corrected chi connectivity index (χ2v) is 2.47. The smallest absolute Gasteiger partial charge is 0.316 e. The summed E-state index contributed by atoms with van der Waals surface area (Å²) in [5.74, 6) is -1.16. The number of hydrogen-bond acceptors (Lipinski definition) is 5. The van der Waals surface area contributed by atoms with Crippen LogP contribution in [0.25, 0.3) is 0 Å². The molecule has 0 heterocycles. The van der Waals surface area contributed by atoms with Gasteiger partial charge in [0.1, 0.15) is 6.42 Å². The number of nitrogens with two attached hydrogens (primary N) is 1. The first kappa shape index (κ1) is 15.4. The van der Waals surface area contributed by atoms with Gasteiger partial charge in [-0.15, -0.1) is 0 Å². The third kappa shape index (κ3) is 13.5. The van der Waals surface area contributed by atoms with E-state index in [2.05, 4.69) is 16.4 Å². The van der Waals surface area contributed by atoms with Gasteiger partial charge in [-0.25, -0.2) is 0 Å². The van der Waals surface area contributed by atoms with Gasteiger partial charge in [0.15, 0.2) is 0 Å². The first-order valence-corrected chi connectivity index (χ1v) is 4.46. The Hall–Kier alpha value is -1.10. The third-order valence-corrected chi connectivity index (χ3v) is 1.30. The van der Waals surface area contributed by atoms with E-state index in [-0.39, 0.29) is 6.42 Å². The fraction of sp³-hybridized carbons (Fsp3) is 0.778. The minimum atomic E-state index is -0.582. The number of carbonyl (C=O) groups excluding carboxylic acids is 2. The molecule has 0 spiro atoms. The zero-order valence-corrected chi connectivity index (χ0v) is 9.04. The van der Waals surface area contributed by atoms with Crippen molar-refractivity contribution in [2.45, 2.75) is 26.2 Å². The lowest BCUT2D eigenvalue weighted by Crippen LogP contribution is -2.09. The largest absolute Gasteiger partial charge is 0.469 e. The Balaban J connectivity index is 0. The van der Waals surface area contributed by atoms with Crippen LogP contribution < -0.4 is 5.73 Å². The van der Waals surface area contributed by atoms with Crippen LogP contribution in [0.4, 0.5) is 0 Å². The average molecular weight is 205 g/mol. The number of unbranched alkanes of at least 4 members (excludes halogenated alkanes) is 1. The lowest BCUT2D eigenvalue weighted by Gasteiger charge is -1.95. The van der Waals surface area contributed by atoms with Crippen molar-refractivity contribution in [1.82, 2.24) is 0 Å². The van der Waals surface area contributed by atoms with Gasteiger partial charge in [-0.05, 0) is 13.0 Å². The summed E-state index contributed by atoms with van der Waals surface area (Å²) in [4.78, 5) is 20.5. The summed E-state index contributed by atoms with van der Waals surface area (Å²) < 4.78 is 8.37. The van der Waals surface area contributed by atoms with E-state index in [0.717, 1.165) is 6.54 Å². The maximum absolute atomic E-state index is 10.3.